The van der Waals surface area contributed by atoms with Crippen molar-refractivity contribution in [1.29, 1.82) is 0 Å². The summed E-state index contributed by atoms with van der Waals surface area (Å²) < 4.78 is 4.80. The summed E-state index contributed by atoms with van der Waals surface area (Å²) in [6.07, 6.45) is 5.51. The molecule has 1 aliphatic rings. The molecule has 1 fully saturated rings. The minimum atomic E-state index is 0.00302. The van der Waals surface area contributed by atoms with E-state index in [2.05, 4.69) is 25.1 Å². The first-order valence-corrected chi connectivity index (χ1v) is 10.1. The Balaban J connectivity index is 1.25. The number of piperidine rings is 1. The summed E-state index contributed by atoms with van der Waals surface area (Å²) in [4.78, 5) is 27.4. The van der Waals surface area contributed by atoms with Crippen LogP contribution in [0.25, 0.3) is 9.53 Å². The topological polar surface area (TPSA) is 104 Å². The molecule has 0 bridgehead atoms. The number of hydrogen-bond donors (Lipinski definition) is 2. The van der Waals surface area contributed by atoms with Gasteiger partial charge in [-0.05, 0) is 35.9 Å². The van der Waals surface area contributed by atoms with Crippen molar-refractivity contribution in [3.8, 4) is 0 Å². The lowest BCUT2D eigenvalue weighted by Crippen LogP contribution is -2.41. The number of H-pyrrole nitrogens is 1. The van der Waals surface area contributed by atoms with Crippen LogP contribution in [0.4, 0.5) is 0 Å². The van der Waals surface area contributed by atoms with Crippen LogP contribution in [0.3, 0.4) is 0 Å². The van der Waals surface area contributed by atoms with Crippen LogP contribution in [0.2, 0.25) is 0 Å². The molecule has 4 rings (SSSR count). The van der Waals surface area contributed by atoms with E-state index in [-0.39, 0.29) is 11.8 Å². The molecule has 2 amide bonds. The first-order chi connectivity index (χ1) is 12.7. The highest BCUT2D eigenvalue weighted by Crippen LogP contribution is 2.29. The first kappa shape index (κ1) is 17.1. The van der Waals surface area contributed by atoms with Crippen LogP contribution in [0.5, 0.6) is 0 Å². The van der Waals surface area contributed by atoms with Gasteiger partial charge in [-0.15, -0.1) is 16.4 Å². The average Bonchev–Trinajstić information content (AvgIpc) is 3.38. The predicted octanol–water partition coefficient (Wildman–Crippen LogP) is 1.69. The first-order valence-electron chi connectivity index (χ1n) is 8.44. The van der Waals surface area contributed by atoms with Gasteiger partial charge in [0.25, 0.3) is 5.91 Å². The number of aromatic amines is 1. The Morgan fingerprint density at radius 2 is 2.19 bits per heavy atom. The summed E-state index contributed by atoms with van der Waals surface area (Å²) in [5.74, 6) is 0.466. The normalized spacial score (nSPS) is 15.5. The molecule has 26 heavy (non-hydrogen) atoms. The number of fused-ring (bicyclic) bond motifs is 1. The Morgan fingerprint density at radius 1 is 1.35 bits per heavy atom. The summed E-state index contributed by atoms with van der Waals surface area (Å²) in [6.45, 7) is 2.08. The summed E-state index contributed by atoms with van der Waals surface area (Å²) >= 11 is 2.73. The number of nitrogens with one attached hydrogen (secondary N) is 2. The van der Waals surface area contributed by atoms with Crippen molar-refractivity contribution < 1.29 is 9.59 Å². The summed E-state index contributed by atoms with van der Waals surface area (Å²) in [5.41, 5.74) is 1.59. The number of thiophene rings is 1. The molecule has 1 saturated heterocycles. The molecule has 0 aromatic carbocycles. The molecule has 3 aromatic rings. The molecular formula is C16H18N6O2S2. The van der Waals surface area contributed by atoms with E-state index in [4.69, 9.17) is 0 Å². The Kier molecular flexibility index (Phi) is 4.93. The van der Waals surface area contributed by atoms with Crippen LogP contribution in [0, 0.1) is 5.92 Å². The SMILES string of the molecule is O=C(Cc1cn[nH]c1)NCC1CCN(C(=O)c2csc3nnsc23)CC1. The molecule has 3 aromatic heterocycles. The van der Waals surface area contributed by atoms with E-state index in [1.165, 1.54) is 22.9 Å². The van der Waals surface area contributed by atoms with Crippen LogP contribution in [-0.4, -0.2) is 56.1 Å². The summed E-state index contributed by atoms with van der Waals surface area (Å²) in [6, 6.07) is 0. The standard InChI is InChI=1S/C16H18N6O2S2/c23-13(5-11-7-18-19-8-11)17-6-10-1-3-22(4-2-10)16(24)12-9-25-15-14(12)26-21-20-15/h7-10H,1-6H2,(H,17,23)(H,18,19). The Morgan fingerprint density at radius 3 is 2.96 bits per heavy atom. The molecule has 0 saturated carbocycles. The van der Waals surface area contributed by atoms with Gasteiger partial charge in [-0.3, -0.25) is 14.7 Å². The third kappa shape index (κ3) is 3.61. The molecule has 1 aliphatic heterocycles. The fourth-order valence-corrected chi connectivity index (χ4v) is 4.83. The van der Waals surface area contributed by atoms with Gasteiger partial charge in [0, 0.05) is 31.2 Å². The van der Waals surface area contributed by atoms with Crippen molar-refractivity contribution in [3.63, 3.8) is 0 Å². The number of nitrogens with zero attached hydrogens (tertiary/aromatic N) is 4. The van der Waals surface area contributed by atoms with Gasteiger partial charge in [0.15, 0.2) is 4.83 Å². The van der Waals surface area contributed by atoms with Crippen LogP contribution < -0.4 is 5.32 Å². The number of hydrogen-bond acceptors (Lipinski definition) is 7. The van der Waals surface area contributed by atoms with E-state index in [0.29, 0.717) is 37.5 Å². The minimum absolute atomic E-state index is 0.00302. The zero-order valence-electron chi connectivity index (χ0n) is 14.0. The number of aromatic nitrogens is 4. The highest BCUT2D eigenvalue weighted by molar-refractivity contribution is 7.24. The van der Waals surface area contributed by atoms with E-state index < -0.39 is 0 Å². The van der Waals surface area contributed by atoms with Gasteiger partial charge in [0.05, 0.1) is 22.9 Å². The highest BCUT2D eigenvalue weighted by atomic mass is 32.1. The molecule has 4 heterocycles. The molecule has 0 unspecified atom stereocenters. The summed E-state index contributed by atoms with van der Waals surface area (Å²) in [7, 11) is 0. The minimum Gasteiger partial charge on any atom is -0.356 e. The average molecular weight is 390 g/mol. The van der Waals surface area contributed by atoms with Gasteiger partial charge in [-0.1, -0.05) is 4.49 Å². The maximum atomic E-state index is 12.7. The van der Waals surface area contributed by atoms with Gasteiger partial charge >= 0.3 is 0 Å². The second-order valence-corrected chi connectivity index (χ2v) is 7.99. The van der Waals surface area contributed by atoms with Gasteiger partial charge < -0.3 is 10.2 Å². The van der Waals surface area contributed by atoms with E-state index in [1.807, 2.05) is 10.3 Å². The van der Waals surface area contributed by atoms with Gasteiger partial charge in [-0.2, -0.15) is 5.10 Å². The molecule has 10 heteroatoms. The number of carbonyl (C=O) groups is 2. The van der Waals surface area contributed by atoms with Crippen molar-refractivity contribution in [2.75, 3.05) is 19.6 Å². The third-order valence-electron chi connectivity index (χ3n) is 4.63. The second-order valence-electron chi connectivity index (χ2n) is 6.38. The van der Waals surface area contributed by atoms with E-state index in [9.17, 15) is 9.59 Å². The quantitative estimate of drug-likeness (QED) is 0.690. The van der Waals surface area contributed by atoms with Crippen molar-refractivity contribution >= 4 is 44.2 Å². The van der Waals surface area contributed by atoms with Crippen LogP contribution >= 0.6 is 22.9 Å². The van der Waals surface area contributed by atoms with Crippen LogP contribution in [0.1, 0.15) is 28.8 Å². The number of carbonyl (C=O) groups excluding carboxylic acids is 2. The highest BCUT2D eigenvalue weighted by Gasteiger charge is 2.26. The number of rotatable bonds is 5. The molecule has 0 atom stereocenters. The number of amides is 2. The maximum absolute atomic E-state index is 12.7. The molecule has 8 nitrogen and oxygen atoms in total. The van der Waals surface area contributed by atoms with Gasteiger partial charge in [0.2, 0.25) is 5.91 Å². The molecule has 0 aliphatic carbocycles. The largest absolute Gasteiger partial charge is 0.356 e. The Hall–Kier alpha value is -2.33. The lowest BCUT2D eigenvalue weighted by molar-refractivity contribution is -0.120. The van der Waals surface area contributed by atoms with Crippen LogP contribution in [-0.2, 0) is 11.2 Å². The third-order valence-corrected chi connectivity index (χ3v) is 6.38. The van der Waals surface area contributed by atoms with Crippen molar-refractivity contribution in [1.82, 2.24) is 30.0 Å². The zero-order valence-corrected chi connectivity index (χ0v) is 15.6. The van der Waals surface area contributed by atoms with Gasteiger partial charge in [0.1, 0.15) is 0 Å². The second kappa shape index (κ2) is 7.50. The van der Waals surface area contributed by atoms with Gasteiger partial charge in [-0.25, -0.2) is 0 Å². The van der Waals surface area contributed by atoms with E-state index in [1.54, 1.807) is 12.4 Å². The monoisotopic (exact) mass is 390 g/mol. The molecule has 0 spiro atoms. The Bertz CT molecular complexity index is 895. The lowest BCUT2D eigenvalue weighted by Gasteiger charge is -2.32. The molecular weight excluding hydrogens is 372 g/mol. The lowest BCUT2D eigenvalue weighted by atomic mass is 9.96. The Labute approximate surface area is 157 Å². The van der Waals surface area contributed by atoms with Crippen molar-refractivity contribution in [3.05, 3.63) is 28.9 Å². The summed E-state index contributed by atoms with van der Waals surface area (Å²) in [5, 5.41) is 15.4. The van der Waals surface area contributed by atoms with E-state index >= 15 is 0 Å². The molecule has 136 valence electrons. The zero-order chi connectivity index (χ0) is 17.9. The predicted molar refractivity (Wildman–Crippen MR) is 99.2 cm³/mol. The molecule has 2 N–H and O–H groups in total. The fraction of sp³-hybridized carbons (Fsp3) is 0.438. The smallest absolute Gasteiger partial charge is 0.256 e. The van der Waals surface area contributed by atoms with Crippen molar-refractivity contribution in [2.45, 2.75) is 19.3 Å². The van der Waals surface area contributed by atoms with Crippen molar-refractivity contribution in [2.24, 2.45) is 5.92 Å². The molecule has 0 radical (unpaired) electrons. The van der Waals surface area contributed by atoms with E-state index in [0.717, 1.165) is 27.9 Å². The number of likely N-dealkylation sites (tertiary alicyclic amines) is 1. The fourth-order valence-electron chi connectivity index (χ4n) is 3.13. The maximum Gasteiger partial charge on any atom is 0.256 e. The van der Waals surface area contributed by atoms with Crippen LogP contribution in [0.15, 0.2) is 17.8 Å².